The maximum absolute atomic E-state index is 14.7. The van der Waals surface area contributed by atoms with Gasteiger partial charge in [0.1, 0.15) is 16.5 Å². The summed E-state index contributed by atoms with van der Waals surface area (Å²) in [4.78, 5) is 19.9. The van der Waals surface area contributed by atoms with Crippen LogP contribution in [0.3, 0.4) is 0 Å². The minimum absolute atomic E-state index is 0.0749. The molecule has 1 aliphatic rings. The van der Waals surface area contributed by atoms with E-state index in [9.17, 15) is 52.4 Å². The molecule has 5 aromatic rings. The Kier molecular flexibility index (Phi) is 13.4. The maximum atomic E-state index is 14.7. The molecule has 24 heteroatoms. The van der Waals surface area contributed by atoms with Gasteiger partial charge in [-0.3, -0.25) is 4.79 Å². The number of anilines is 1. The first kappa shape index (κ1) is 44.3. The van der Waals surface area contributed by atoms with Crippen molar-refractivity contribution in [3.05, 3.63) is 111 Å². The highest BCUT2D eigenvalue weighted by atomic mass is 79.9. The lowest BCUT2D eigenvalue weighted by molar-refractivity contribution is -0.275. The molecule has 310 valence electrons. The zero-order valence-corrected chi connectivity index (χ0v) is 32.9. The number of pyridine rings is 2. The van der Waals surface area contributed by atoms with Crippen LogP contribution in [0.2, 0.25) is 5.02 Å². The summed E-state index contributed by atoms with van der Waals surface area (Å²) in [6, 6.07) is 12.7. The van der Waals surface area contributed by atoms with E-state index in [4.69, 9.17) is 16.3 Å². The highest BCUT2D eigenvalue weighted by Crippen LogP contribution is 2.29. The Hall–Kier alpha value is -4.84. The summed E-state index contributed by atoms with van der Waals surface area (Å²) in [5, 5.41) is 5.90. The van der Waals surface area contributed by atoms with E-state index in [1.165, 1.54) is 30.6 Å². The molecule has 1 atom stereocenters. The third-order valence-electron chi connectivity index (χ3n) is 7.74. The third kappa shape index (κ3) is 11.4. The topological polar surface area (TPSA) is 169 Å². The van der Waals surface area contributed by atoms with E-state index in [1.807, 2.05) is 0 Å². The van der Waals surface area contributed by atoms with Crippen molar-refractivity contribution in [2.24, 2.45) is 0 Å². The number of ether oxygens (including phenoxy) is 3. The van der Waals surface area contributed by atoms with Gasteiger partial charge in [-0.1, -0.05) is 11.6 Å². The van der Waals surface area contributed by atoms with Crippen molar-refractivity contribution in [3.8, 4) is 17.2 Å². The van der Waals surface area contributed by atoms with Crippen molar-refractivity contribution in [2.45, 2.75) is 51.1 Å². The van der Waals surface area contributed by atoms with Gasteiger partial charge < -0.3 is 19.5 Å². The zero-order chi connectivity index (χ0) is 42.5. The maximum Gasteiger partial charge on any atom is 0.573 e. The van der Waals surface area contributed by atoms with E-state index >= 15 is 0 Å². The number of alkyl halides is 7. The molecular formula is C34H26BrClF7N5O8S2. The van der Waals surface area contributed by atoms with E-state index < -0.39 is 60.2 Å². The SMILES string of the molecule is O=S(=O)(c1ccc(OC(F)(F)F)cc1)c1ccc(Br)cn1.O=c1c(Cl)c(NC[C@@]2(F)CCCOC2)cnn1-c1ccc(S(=O)(=O)c2ccc(OC(F)(F)F)cc2)nc1. The summed E-state index contributed by atoms with van der Waals surface area (Å²) in [6.07, 6.45) is -5.26. The Morgan fingerprint density at radius 1 is 0.793 bits per heavy atom. The predicted octanol–water partition coefficient (Wildman–Crippen LogP) is 7.52. The fourth-order valence-electron chi connectivity index (χ4n) is 5.01. The summed E-state index contributed by atoms with van der Waals surface area (Å²) in [6.45, 7) is 0.283. The van der Waals surface area contributed by atoms with E-state index in [0.717, 1.165) is 65.5 Å². The number of aromatic nitrogens is 4. The highest BCUT2D eigenvalue weighted by molar-refractivity contribution is 9.10. The molecule has 4 heterocycles. The number of benzene rings is 2. The number of nitrogens with zero attached hydrogens (tertiary/aromatic N) is 4. The Morgan fingerprint density at radius 2 is 1.31 bits per heavy atom. The van der Waals surface area contributed by atoms with Gasteiger partial charge in [-0.2, -0.15) is 9.78 Å². The second-order valence-corrected chi connectivity index (χ2v) is 17.1. The van der Waals surface area contributed by atoms with E-state index in [-0.39, 0.29) is 44.4 Å². The van der Waals surface area contributed by atoms with Crippen molar-refractivity contribution in [3.63, 3.8) is 0 Å². The molecular weight excluding hydrogens is 919 g/mol. The van der Waals surface area contributed by atoms with Gasteiger partial charge in [0, 0.05) is 17.3 Å². The van der Waals surface area contributed by atoms with Gasteiger partial charge in [0.05, 0.1) is 46.7 Å². The number of halogens is 9. The molecule has 0 aliphatic carbocycles. The van der Waals surface area contributed by atoms with Gasteiger partial charge in [-0.25, -0.2) is 31.2 Å². The third-order valence-corrected chi connectivity index (χ3v) is 11.9. The molecule has 0 spiro atoms. The molecule has 2 aromatic carbocycles. The van der Waals surface area contributed by atoms with Gasteiger partial charge in [-0.05, 0) is 102 Å². The number of rotatable bonds is 10. The van der Waals surface area contributed by atoms with Gasteiger partial charge in [-0.15, -0.1) is 26.3 Å². The Labute approximate surface area is 337 Å². The Balaban J connectivity index is 0.000000258. The summed E-state index contributed by atoms with van der Waals surface area (Å²) in [5.74, 6) is -1.08. The van der Waals surface area contributed by atoms with E-state index in [2.05, 4.69) is 45.8 Å². The van der Waals surface area contributed by atoms with Crippen molar-refractivity contribution < 1.29 is 61.8 Å². The summed E-state index contributed by atoms with van der Waals surface area (Å²) < 4.78 is 152. The molecule has 13 nitrogen and oxygen atoms in total. The molecule has 0 amide bonds. The number of hydrogen-bond acceptors (Lipinski definition) is 12. The summed E-state index contributed by atoms with van der Waals surface area (Å²) in [7, 11) is -8.07. The van der Waals surface area contributed by atoms with Crippen LogP contribution in [0.25, 0.3) is 5.69 Å². The van der Waals surface area contributed by atoms with Crippen molar-refractivity contribution in [1.29, 1.82) is 0 Å². The summed E-state index contributed by atoms with van der Waals surface area (Å²) in [5.41, 5.74) is -2.14. The van der Waals surface area contributed by atoms with Crippen LogP contribution in [0.1, 0.15) is 12.8 Å². The Bertz CT molecular complexity index is 2490. The molecule has 0 unspecified atom stereocenters. The monoisotopic (exact) mass is 943 g/mol. The second-order valence-electron chi connectivity index (χ2n) is 12.0. The lowest BCUT2D eigenvalue weighted by Crippen LogP contribution is -2.40. The first-order valence-corrected chi connectivity index (χ1v) is 20.3. The molecule has 0 saturated carbocycles. The normalized spacial score (nSPS) is 16.2. The molecule has 1 N–H and O–H groups in total. The van der Waals surface area contributed by atoms with E-state index in [0.29, 0.717) is 23.9 Å². The number of sulfone groups is 2. The summed E-state index contributed by atoms with van der Waals surface area (Å²) >= 11 is 9.29. The smallest absolute Gasteiger partial charge is 0.406 e. The quantitative estimate of drug-likeness (QED) is 0.137. The lowest BCUT2D eigenvalue weighted by Gasteiger charge is -2.29. The molecule has 6 rings (SSSR count). The molecule has 3 aromatic heterocycles. The largest absolute Gasteiger partial charge is 0.573 e. The minimum atomic E-state index is -4.92. The highest BCUT2D eigenvalue weighted by Gasteiger charge is 2.34. The van der Waals surface area contributed by atoms with Crippen LogP contribution >= 0.6 is 27.5 Å². The minimum Gasteiger partial charge on any atom is -0.406 e. The van der Waals surface area contributed by atoms with Crippen molar-refractivity contribution >= 4 is 52.9 Å². The van der Waals surface area contributed by atoms with Crippen LogP contribution in [-0.4, -0.2) is 74.7 Å². The molecule has 0 bridgehead atoms. The number of nitrogens with one attached hydrogen (secondary N) is 1. The first-order chi connectivity index (χ1) is 27.1. The average Bonchev–Trinajstić information content (AvgIpc) is 3.15. The predicted molar refractivity (Wildman–Crippen MR) is 194 cm³/mol. The first-order valence-electron chi connectivity index (χ1n) is 16.1. The number of hydrogen-bond donors (Lipinski definition) is 1. The fraction of sp³-hybridized carbons (Fsp3) is 0.235. The van der Waals surface area contributed by atoms with Gasteiger partial charge in [0.15, 0.2) is 15.7 Å². The van der Waals surface area contributed by atoms with Crippen LogP contribution in [0.5, 0.6) is 11.5 Å². The standard InChI is InChI=1S/C22H19ClF4N4O5S.C12H7BrF3NO3S/c23-19-17(29-12-21(24)8-1-9-35-13-21)11-30-31(20(19)32)14-2-7-18(28-10-14)37(33,34)16-5-3-15(4-6-16)36-22(25,26)27;13-8-1-6-11(17-7-8)21(18,19)10-4-2-9(3-5-10)20-12(14,15)16/h2-7,10-11,29H,1,8-9,12-13H2;1-7H/t21-;/m0./s1. The second kappa shape index (κ2) is 17.6. The zero-order valence-electron chi connectivity index (χ0n) is 29.0. The van der Waals surface area contributed by atoms with Gasteiger partial charge in [0.25, 0.3) is 5.56 Å². The van der Waals surface area contributed by atoms with Crippen molar-refractivity contribution in [1.82, 2.24) is 19.7 Å². The average molecular weight is 945 g/mol. The fourth-order valence-corrected chi connectivity index (χ4v) is 7.79. The molecule has 0 radical (unpaired) electrons. The molecule has 1 aliphatic heterocycles. The van der Waals surface area contributed by atoms with Crippen LogP contribution < -0.4 is 20.3 Å². The molecule has 1 fully saturated rings. The van der Waals surface area contributed by atoms with Crippen LogP contribution in [-0.2, 0) is 24.4 Å². The van der Waals surface area contributed by atoms with Gasteiger partial charge in [0.2, 0.25) is 19.7 Å². The molecule has 1 saturated heterocycles. The van der Waals surface area contributed by atoms with Crippen LogP contribution in [0, 0.1) is 0 Å². The lowest BCUT2D eigenvalue weighted by atomic mass is 9.99. The van der Waals surface area contributed by atoms with E-state index in [1.54, 1.807) is 0 Å². The van der Waals surface area contributed by atoms with Crippen LogP contribution in [0.15, 0.2) is 120 Å². The van der Waals surface area contributed by atoms with Gasteiger partial charge >= 0.3 is 12.7 Å². The van der Waals surface area contributed by atoms with Crippen molar-refractivity contribution in [2.75, 3.05) is 25.1 Å². The van der Waals surface area contributed by atoms with Crippen LogP contribution in [0.4, 0.5) is 36.4 Å². The Morgan fingerprint density at radius 3 is 1.74 bits per heavy atom. The molecule has 58 heavy (non-hydrogen) atoms.